The van der Waals surface area contributed by atoms with Crippen molar-refractivity contribution < 1.29 is 9.59 Å². The smallest absolute Gasteiger partial charge is 0.230 e. The van der Waals surface area contributed by atoms with Crippen molar-refractivity contribution in [1.29, 1.82) is 0 Å². The molecule has 4 heteroatoms. The van der Waals surface area contributed by atoms with Gasteiger partial charge in [0.15, 0.2) is 5.78 Å². The van der Waals surface area contributed by atoms with Crippen molar-refractivity contribution in [2.45, 2.75) is 58.2 Å². The third-order valence-corrected chi connectivity index (χ3v) is 8.37. The predicted molar refractivity (Wildman–Crippen MR) is 86.3 cm³/mol. The van der Waals surface area contributed by atoms with Crippen molar-refractivity contribution >= 4 is 27.6 Å². The van der Waals surface area contributed by atoms with Crippen LogP contribution in [0.5, 0.6) is 0 Å². The summed E-state index contributed by atoms with van der Waals surface area (Å²) in [6.45, 7) is 10.3. The summed E-state index contributed by atoms with van der Waals surface area (Å²) in [7, 11) is 0. The number of carbonyl (C=O) groups is 2. The van der Waals surface area contributed by atoms with Gasteiger partial charge in [-0.25, -0.2) is 0 Å². The van der Waals surface area contributed by atoms with Crippen LogP contribution in [-0.4, -0.2) is 34.5 Å². The van der Waals surface area contributed by atoms with Gasteiger partial charge in [0.2, 0.25) is 5.91 Å². The average molecular weight is 356 g/mol. The van der Waals surface area contributed by atoms with E-state index < -0.39 is 5.41 Å². The van der Waals surface area contributed by atoms with Gasteiger partial charge in [-0.3, -0.25) is 9.59 Å². The Labute approximate surface area is 136 Å². The number of amides is 1. The quantitative estimate of drug-likeness (QED) is 0.676. The van der Waals surface area contributed by atoms with Crippen LogP contribution in [-0.2, 0) is 9.59 Å². The lowest BCUT2D eigenvalue weighted by molar-refractivity contribution is -0.148. The number of alkyl halides is 1. The second-order valence-corrected chi connectivity index (χ2v) is 9.05. The Kier molecular flexibility index (Phi) is 3.37. The maximum absolute atomic E-state index is 13.3. The minimum Gasteiger partial charge on any atom is -0.342 e. The standard InChI is InChI=1S/C17H26BrNO2/c1-11-5-9-19(10-6-11)14(21)17-8-7-16(4,15(17,2)3)13(20)12(17)18/h11-12H,5-10H2,1-4H3/t12-,16-,17-/m1/s1. The Bertz CT molecular complexity index is 495. The van der Waals surface area contributed by atoms with E-state index in [9.17, 15) is 9.59 Å². The first-order valence-corrected chi connectivity index (χ1v) is 9.08. The normalized spacial score (nSPS) is 42.6. The van der Waals surface area contributed by atoms with E-state index >= 15 is 0 Å². The van der Waals surface area contributed by atoms with Crippen LogP contribution < -0.4 is 0 Å². The summed E-state index contributed by atoms with van der Waals surface area (Å²) in [6.07, 6.45) is 3.85. The monoisotopic (exact) mass is 355 g/mol. The highest BCUT2D eigenvalue weighted by Crippen LogP contribution is 2.72. The van der Waals surface area contributed by atoms with Gasteiger partial charge < -0.3 is 4.90 Å². The third-order valence-electron chi connectivity index (χ3n) is 7.17. The molecular weight excluding hydrogens is 330 g/mol. The van der Waals surface area contributed by atoms with Crippen LogP contribution in [0.4, 0.5) is 0 Å². The number of Topliss-reactive ketones (excluding diaryl/α,β-unsaturated/α-hetero) is 1. The summed E-state index contributed by atoms with van der Waals surface area (Å²) < 4.78 is 0. The molecule has 0 N–H and O–H groups in total. The molecule has 3 nitrogen and oxygen atoms in total. The van der Waals surface area contributed by atoms with Crippen LogP contribution in [0, 0.1) is 22.2 Å². The van der Waals surface area contributed by atoms with Gasteiger partial charge in [0.1, 0.15) is 0 Å². The summed E-state index contributed by atoms with van der Waals surface area (Å²) in [6, 6.07) is 0. The first kappa shape index (κ1) is 15.5. The van der Waals surface area contributed by atoms with Gasteiger partial charge >= 0.3 is 0 Å². The molecule has 0 aromatic heterocycles. The molecule has 1 saturated heterocycles. The van der Waals surface area contributed by atoms with Gasteiger partial charge in [-0.2, -0.15) is 0 Å². The van der Waals surface area contributed by atoms with E-state index in [-0.39, 0.29) is 27.3 Å². The molecule has 3 fully saturated rings. The van der Waals surface area contributed by atoms with E-state index in [1.807, 2.05) is 4.90 Å². The summed E-state index contributed by atoms with van der Waals surface area (Å²) in [4.78, 5) is 27.8. The number of rotatable bonds is 1. The van der Waals surface area contributed by atoms with Crippen molar-refractivity contribution in [2.75, 3.05) is 13.1 Å². The Morgan fingerprint density at radius 2 is 1.76 bits per heavy atom. The molecule has 3 aliphatic rings. The predicted octanol–water partition coefficient (Wildman–Crippen LogP) is 3.40. The number of nitrogens with zero attached hydrogens (tertiary/aromatic N) is 1. The lowest BCUT2D eigenvalue weighted by Gasteiger charge is -2.44. The Morgan fingerprint density at radius 3 is 2.24 bits per heavy atom. The van der Waals surface area contributed by atoms with Crippen molar-refractivity contribution in [1.82, 2.24) is 4.90 Å². The van der Waals surface area contributed by atoms with Gasteiger partial charge in [0.25, 0.3) is 0 Å². The van der Waals surface area contributed by atoms with Crippen LogP contribution in [0.1, 0.15) is 53.4 Å². The molecule has 1 heterocycles. The molecule has 0 aromatic rings. The summed E-state index contributed by atoms with van der Waals surface area (Å²) in [5, 5.41) is 0. The second-order valence-electron chi connectivity index (χ2n) is 8.13. The lowest BCUT2D eigenvalue weighted by Crippen LogP contribution is -2.54. The average Bonchev–Trinajstić information content (AvgIpc) is 2.71. The van der Waals surface area contributed by atoms with Crippen LogP contribution >= 0.6 is 15.9 Å². The number of fused-ring (bicyclic) bond motifs is 2. The van der Waals surface area contributed by atoms with Gasteiger partial charge in [0.05, 0.1) is 10.2 Å². The minimum absolute atomic E-state index is 0.218. The largest absolute Gasteiger partial charge is 0.342 e. The Morgan fingerprint density at radius 1 is 1.19 bits per heavy atom. The van der Waals surface area contributed by atoms with Gasteiger partial charge in [-0.1, -0.05) is 43.6 Å². The number of carbonyl (C=O) groups excluding carboxylic acids is 2. The summed E-state index contributed by atoms with van der Waals surface area (Å²) in [5.41, 5.74) is -1.18. The fourth-order valence-corrected chi connectivity index (χ4v) is 6.42. The fraction of sp³-hybridized carbons (Fsp3) is 0.882. The minimum atomic E-state index is -0.542. The number of hydrogen-bond donors (Lipinski definition) is 0. The highest BCUT2D eigenvalue weighted by molar-refractivity contribution is 9.10. The molecular formula is C17H26BrNO2. The van der Waals surface area contributed by atoms with E-state index in [4.69, 9.17) is 0 Å². The van der Waals surface area contributed by atoms with Gasteiger partial charge in [-0.15, -0.1) is 0 Å². The van der Waals surface area contributed by atoms with E-state index in [1.165, 1.54) is 0 Å². The summed E-state index contributed by atoms with van der Waals surface area (Å²) >= 11 is 3.61. The maximum atomic E-state index is 13.3. The fourth-order valence-electron chi connectivity index (χ4n) is 4.92. The van der Waals surface area contributed by atoms with Crippen LogP contribution in [0.2, 0.25) is 0 Å². The molecule has 1 amide bonds. The van der Waals surface area contributed by atoms with Crippen molar-refractivity contribution in [3.63, 3.8) is 0 Å². The number of hydrogen-bond acceptors (Lipinski definition) is 2. The maximum Gasteiger partial charge on any atom is 0.230 e. The number of piperidine rings is 1. The molecule has 0 spiro atoms. The molecule has 118 valence electrons. The molecule has 1 aliphatic heterocycles. The van der Waals surface area contributed by atoms with Crippen molar-refractivity contribution in [3.05, 3.63) is 0 Å². The zero-order chi connectivity index (χ0) is 15.6. The zero-order valence-electron chi connectivity index (χ0n) is 13.5. The first-order chi connectivity index (χ1) is 9.68. The van der Waals surface area contributed by atoms with E-state index in [2.05, 4.69) is 43.6 Å². The molecule has 0 unspecified atom stereocenters. The highest BCUT2D eigenvalue weighted by Gasteiger charge is 2.77. The molecule has 3 atom stereocenters. The van der Waals surface area contributed by atoms with Crippen molar-refractivity contribution in [2.24, 2.45) is 22.2 Å². The topological polar surface area (TPSA) is 37.4 Å². The zero-order valence-corrected chi connectivity index (χ0v) is 15.1. The van der Waals surface area contributed by atoms with Crippen LogP contribution in [0.15, 0.2) is 0 Å². The van der Waals surface area contributed by atoms with Gasteiger partial charge in [-0.05, 0) is 37.0 Å². The van der Waals surface area contributed by atoms with Crippen LogP contribution in [0.25, 0.3) is 0 Å². The number of ketones is 1. The highest BCUT2D eigenvalue weighted by atomic mass is 79.9. The molecule has 21 heavy (non-hydrogen) atoms. The molecule has 2 bridgehead atoms. The van der Waals surface area contributed by atoms with E-state index in [0.717, 1.165) is 38.8 Å². The molecule has 0 aromatic carbocycles. The van der Waals surface area contributed by atoms with Gasteiger partial charge in [0, 0.05) is 18.5 Å². The Hall–Kier alpha value is -0.380. The van der Waals surface area contributed by atoms with Crippen LogP contribution in [0.3, 0.4) is 0 Å². The SMILES string of the molecule is CC1CCN(C(=O)[C@@]23CC[C@](C)(C(=O)[C@H]2Br)C3(C)C)CC1. The molecule has 2 saturated carbocycles. The van der Waals surface area contributed by atoms with Crippen molar-refractivity contribution in [3.8, 4) is 0 Å². The molecule has 0 radical (unpaired) electrons. The Balaban J connectivity index is 1.96. The number of halogens is 1. The summed E-state index contributed by atoms with van der Waals surface area (Å²) in [5.74, 6) is 1.16. The van der Waals surface area contributed by atoms with E-state index in [1.54, 1.807) is 0 Å². The van der Waals surface area contributed by atoms with E-state index in [0.29, 0.717) is 5.92 Å². The lowest BCUT2D eigenvalue weighted by atomic mass is 9.64. The number of likely N-dealkylation sites (tertiary alicyclic amines) is 1. The third kappa shape index (κ3) is 1.66. The second kappa shape index (κ2) is 4.56. The first-order valence-electron chi connectivity index (χ1n) is 8.16. The molecule has 2 aliphatic carbocycles. The molecule has 3 rings (SSSR count).